The first-order valence-corrected chi connectivity index (χ1v) is 9.66. The third-order valence-electron chi connectivity index (χ3n) is 4.36. The number of rotatable bonds is 5. The van der Waals surface area contributed by atoms with Gasteiger partial charge in [-0.3, -0.25) is 19.3 Å². The van der Waals surface area contributed by atoms with Gasteiger partial charge < -0.3 is 9.64 Å². The van der Waals surface area contributed by atoms with E-state index in [1.54, 1.807) is 11.0 Å². The predicted molar refractivity (Wildman–Crippen MR) is 101 cm³/mol. The number of imide groups is 1. The maximum atomic E-state index is 12.5. The highest BCUT2D eigenvalue weighted by Gasteiger charge is 2.37. The molecule has 0 spiro atoms. The second-order valence-electron chi connectivity index (χ2n) is 6.21. The predicted octanol–water partition coefficient (Wildman–Crippen LogP) is 3.13. The minimum absolute atomic E-state index is 0.158. The van der Waals surface area contributed by atoms with Crippen LogP contribution in [0.5, 0.6) is 5.75 Å². The molecule has 1 aromatic rings. The molecule has 138 valence electrons. The van der Waals surface area contributed by atoms with Gasteiger partial charge in [0.05, 0.1) is 11.5 Å². The summed E-state index contributed by atoms with van der Waals surface area (Å²) in [6.45, 7) is 3.73. The van der Waals surface area contributed by atoms with Crippen molar-refractivity contribution in [2.75, 3.05) is 26.2 Å². The number of carbonyl (C=O) groups is 3. The second-order valence-corrected chi connectivity index (χ2v) is 7.20. The van der Waals surface area contributed by atoms with Gasteiger partial charge in [-0.05, 0) is 61.7 Å². The quantitative estimate of drug-likeness (QED) is 0.741. The Morgan fingerprint density at radius 3 is 2.50 bits per heavy atom. The zero-order chi connectivity index (χ0) is 18.5. The highest BCUT2D eigenvalue weighted by Crippen LogP contribution is 2.32. The van der Waals surface area contributed by atoms with Gasteiger partial charge in [-0.2, -0.15) is 0 Å². The average Bonchev–Trinajstić information content (AvgIpc) is 2.91. The van der Waals surface area contributed by atoms with Gasteiger partial charge in [-0.15, -0.1) is 0 Å². The lowest BCUT2D eigenvalue weighted by Gasteiger charge is -2.27. The van der Waals surface area contributed by atoms with Gasteiger partial charge >= 0.3 is 0 Å². The number of hydrogen-bond donors (Lipinski definition) is 0. The largest absolute Gasteiger partial charge is 0.494 e. The third-order valence-corrected chi connectivity index (χ3v) is 5.27. The number of piperidine rings is 1. The molecule has 0 unspecified atom stereocenters. The van der Waals surface area contributed by atoms with Crippen LogP contribution in [0.15, 0.2) is 29.2 Å². The van der Waals surface area contributed by atoms with Crippen LogP contribution in [0.1, 0.15) is 31.7 Å². The van der Waals surface area contributed by atoms with Gasteiger partial charge in [0.1, 0.15) is 12.3 Å². The fourth-order valence-electron chi connectivity index (χ4n) is 2.99. The summed E-state index contributed by atoms with van der Waals surface area (Å²) in [4.78, 5) is 40.2. The van der Waals surface area contributed by atoms with Crippen molar-refractivity contribution in [2.45, 2.75) is 26.2 Å². The summed E-state index contributed by atoms with van der Waals surface area (Å²) >= 11 is 0.876. The van der Waals surface area contributed by atoms with Crippen molar-refractivity contribution >= 4 is 34.9 Å². The van der Waals surface area contributed by atoms with Crippen molar-refractivity contribution in [3.8, 4) is 5.75 Å². The summed E-state index contributed by atoms with van der Waals surface area (Å²) in [6.07, 6.45) is 4.75. The van der Waals surface area contributed by atoms with Gasteiger partial charge in [0, 0.05) is 13.1 Å². The standard InChI is InChI=1S/C19H22N2O4S/c1-2-25-15-8-6-14(7-9-15)12-16-18(23)21(19(24)26-16)13-17(22)20-10-4-3-5-11-20/h6-9,12H,2-5,10-11,13H2,1H3. The summed E-state index contributed by atoms with van der Waals surface area (Å²) in [5, 5.41) is -0.391. The fraction of sp³-hybridized carbons (Fsp3) is 0.421. The summed E-state index contributed by atoms with van der Waals surface area (Å²) in [6, 6.07) is 7.30. The highest BCUT2D eigenvalue weighted by molar-refractivity contribution is 8.18. The lowest BCUT2D eigenvalue weighted by atomic mass is 10.1. The maximum absolute atomic E-state index is 12.5. The van der Waals surface area contributed by atoms with Crippen LogP contribution in [-0.4, -0.2) is 53.1 Å². The van der Waals surface area contributed by atoms with E-state index in [4.69, 9.17) is 4.74 Å². The van der Waals surface area contributed by atoms with Crippen molar-refractivity contribution in [3.63, 3.8) is 0 Å². The van der Waals surface area contributed by atoms with Crippen molar-refractivity contribution in [1.82, 2.24) is 9.80 Å². The molecule has 0 N–H and O–H groups in total. The number of thioether (sulfide) groups is 1. The molecule has 2 heterocycles. The van der Waals surface area contributed by atoms with E-state index in [0.29, 0.717) is 24.6 Å². The molecule has 0 saturated carbocycles. The summed E-state index contributed by atoms with van der Waals surface area (Å²) in [5.74, 6) is 0.193. The average molecular weight is 374 g/mol. The molecule has 0 atom stereocenters. The SMILES string of the molecule is CCOc1ccc(C=C2SC(=O)N(CC(=O)N3CCCCC3)C2=O)cc1. The Morgan fingerprint density at radius 2 is 1.85 bits per heavy atom. The molecule has 1 aromatic carbocycles. The second kappa shape index (κ2) is 8.40. The van der Waals surface area contributed by atoms with E-state index in [0.717, 1.165) is 47.2 Å². The highest BCUT2D eigenvalue weighted by atomic mass is 32.2. The first kappa shape index (κ1) is 18.5. The number of ether oxygens (including phenoxy) is 1. The lowest BCUT2D eigenvalue weighted by Crippen LogP contribution is -2.44. The van der Waals surface area contributed by atoms with Crippen LogP contribution in [-0.2, 0) is 9.59 Å². The first-order chi connectivity index (χ1) is 12.6. The smallest absolute Gasteiger partial charge is 0.294 e. The molecule has 2 aliphatic heterocycles. The monoisotopic (exact) mass is 374 g/mol. The lowest BCUT2D eigenvalue weighted by molar-refractivity contribution is -0.136. The van der Waals surface area contributed by atoms with E-state index in [1.165, 1.54) is 0 Å². The number of benzene rings is 1. The maximum Gasteiger partial charge on any atom is 0.294 e. The Morgan fingerprint density at radius 1 is 1.15 bits per heavy atom. The van der Waals surface area contributed by atoms with Crippen molar-refractivity contribution in [1.29, 1.82) is 0 Å². The Kier molecular flexibility index (Phi) is 5.98. The fourth-order valence-corrected chi connectivity index (χ4v) is 3.83. The van der Waals surface area contributed by atoms with Crippen LogP contribution in [0.25, 0.3) is 6.08 Å². The van der Waals surface area contributed by atoms with E-state index >= 15 is 0 Å². The molecular formula is C19H22N2O4S. The Labute approximate surface area is 157 Å². The van der Waals surface area contributed by atoms with E-state index in [9.17, 15) is 14.4 Å². The number of likely N-dealkylation sites (tertiary alicyclic amines) is 1. The van der Waals surface area contributed by atoms with Gasteiger partial charge in [0.15, 0.2) is 0 Å². The van der Waals surface area contributed by atoms with Crippen LogP contribution < -0.4 is 4.74 Å². The van der Waals surface area contributed by atoms with Gasteiger partial charge in [-0.25, -0.2) is 0 Å². The molecule has 2 aliphatic rings. The van der Waals surface area contributed by atoms with E-state index in [-0.39, 0.29) is 12.5 Å². The molecule has 7 heteroatoms. The molecule has 0 bridgehead atoms. The van der Waals surface area contributed by atoms with Crippen LogP contribution in [0, 0.1) is 0 Å². The molecule has 0 radical (unpaired) electrons. The Hall–Kier alpha value is -2.28. The number of amides is 3. The molecule has 26 heavy (non-hydrogen) atoms. The minimum Gasteiger partial charge on any atom is -0.494 e. The summed E-state index contributed by atoms with van der Waals surface area (Å²) in [5.41, 5.74) is 0.807. The topological polar surface area (TPSA) is 66.9 Å². The van der Waals surface area contributed by atoms with Crippen molar-refractivity contribution < 1.29 is 19.1 Å². The number of carbonyl (C=O) groups excluding carboxylic acids is 3. The van der Waals surface area contributed by atoms with Crippen molar-refractivity contribution in [2.24, 2.45) is 0 Å². The Balaban J connectivity index is 1.66. The minimum atomic E-state index is -0.403. The molecule has 2 fully saturated rings. The molecule has 3 amide bonds. The van der Waals surface area contributed by atoms with Gasteiger partial charge in [-0.1, -0.05) is 12.1 Å². The molecule has 2 saturated heterocycles. The van der Waals surface area contributed by atoms with Crippen molar-refractivity contribution in [3.05, 3.63) is 34.7 Å². The first-order valence-electron chi connectivity index (χ1n) is 8.84. The molecule has 6 nitrogen and oxygen atoms in total. The van der Waals surface area contributed by atoms with E-state index < -0.39 is 11.1 Å². The summed E-state index contributed by atoms with van der Waals surface area (Å²) < 4.78 is 5.39. The summed E-state index contributed by atoms with van der Waals surface area (Å²) in [7, 11) is 0. The molecule has 3 rings (SSSR count). The van der Waals surface area contributed by atoms with E-state index in [2.05, 4.69) is 0 Å². The van der Waals surface area contributed by atoms with Crippen LogP contribution in [0.2, 0.25) is 0 Å². The number of hydrogen-bond acceptors (Lipinski definition) is 5. The zero-order valence-corrected chi connectivity index (χ0v) is 15.6. The molecule has 0 aromatic heterocycles. The normalized spacial score (nSPS) is 19.3. The van der Waals surface area contributed by atoms with Crippen LogP contribution >= 0.6 is 11.8 Å². The Bertz CT molecular complexity index is 724. The van der Waals surface area contributed by atoms with Crippen LogP contribution in [0.4, 0.5) is 4.79 Å². The van der Waals surface area contributed by atoms with Gasteiger partial charge in [0.25, 0.3) is 11.1 Å². The van der Waals surface area contributed by atoms with Crippen LogP contribution in [0.3, 0.4) is 0 Å². The van der Waals surface area contributed by atoms with Gasteiger partial charge in [0.2, 0.25) is 5.91 Å². The third kappa shape index (κ3) is 4.27. The van der Waals surface area contributed by atoms with E-state index in [1.807, 2.05) is 31.2 Å². The zero-order valence-electron chi connectivity index (χ0n) is 14.8. The molecule has 0 aliphatic carbocycles. The molecular weight excluding hydrogens is 352 g/mol. The number of nitrogens with zero attached hydrogens (tertiary/aromatic N) is 2.